The van der Waals surface area contributed by atoms with Crippen molar-refractivity contribution in [2.75, 3.05) is 50.5 Å². The van der Waals surface area contributed by atoms with Gasteiger partial charge < -0.3 is 14.5 Å². The van der Waals surface area contributed by atoms with Crippen LogP contribution in [0.25, 0.3) is 10.2 Å². The Hall–Kier alpha value is -1.38. The van der Waals surface area contributed by atoms with Gasteiger partial charge in [0, 0.05) is 26.2 Å². The molecule has 2 aromatic heterocycles. The number of thiophene rings is 1. The maximum absolute atomic E-state index is 12.8. The Balaban J connectivity index is 1.73. The van der Waals surface area contributed by atoms with E-state index in [4.69, 9.17) is 9.72 Å². The number of fused-ring (bicyclic) bond motifs is 1. The average Bonchev–Trinajstić information content (AvgIpc) is 3.30. The molecule has 0 unspecified atom stereocenters. The minimum absolute atomic E-state index is 0.0828. The van der Waals surface area contributed by atoms with E-state index < -0.39 is 0 Å². The summed E-state index contributed by atoms with van der Waals surface area (Å²) in [5, 5.41) is 1.79. The van der Waals surface area contributed by atoms with Crippen molar-refractivity contribution in [1.29, 1.82) is 0 Å². The van der Waals surface area contributed by atoms with E-state index >= 15 is 0 Å². The lowest BCUT2D eigenvalue weighted by Crippen LogP contribution is -2.40. The molecule has 0 N–H and O–H groups in total. The van der Waals surface area contributed by atoms with Gasteiger partial charge in [-0.2, -0.15) is 0 Å². The molecule has 1 amide bonds. The number of hydrogen-bond acceptors (Lipinski definition) is 7. The van der Waals surface area contributed by atoms with E-state index in [0.717, 1.165) is 39.2 Å². The maximum Gasteiger partial charge on any atom is 0.264 e. The van der Waals surface area contributed by atoms with Crippen LogP contribution < -0.4 is 4.90 Å². The SMILES string of the molecule is CSc1nc(N2CCCC2)c2cc(C(=O)N3CCOCC3)sc2n1. The van der Waals surface area contributed by atoms with E-state index in [1.54, 1.807) is 11.8 Å². The van der Waals surface area contributed by atoms with Crippen molar-refractivity contribution in [2.45, 2.75) is 18.0 Å². The van der Waals surface area contributed by atoms with Crippen LogP contribution in [0.15, 0.2) is 11.2 Å². The third kappa shape index (κ3) is 2.98. The van der Waals surface area contributed by atoms with Crippen LogP contribution in [0.4, 0.5) is 5.82 Å². The highest BCUT2D eigenvalue weighted by molar-refractivity contribution is 7.98. The van der Waals surface area contributed by atoms with Crippen molar-refractivity contribution in [3.05, 3.63) is 10.9 Å². The van der Waals surface area contributed by atoms with E-state index in [1.165, 1.54) is 24.2 Å². The molecular weight excluding hydrogens is 344 g/mol. The van der Waals surface area contributed by atoms with Gasteiger partial charge in [0.2, 0.25) is 0 Å². The van der Waals surface area contributed by atoms with E-state index in [1.807, 2.05) is 17.2 Å². The number of amides is 1. The summed E-state index contributed by atoms with van der Waals surface area (Å²) in [7, 11) is 0. The molecule has 24 heavy (non-hydrogen) atoms. The lowest BCUT2D eigenvalue weighted by molar-refractivity contribution is 0.0306. The number of thioether (sulfide) groups is 1. The molecule has 0 bridgehead atoms. The second kappa shape index (κ2) is 6.85. The van der Waals surface area contributed by atoms with Crippen LogP contribution in [0.5, 0.6) is 0 Å². The molecule has 0 radical (unpaired) electrons. The van der Waals surface area contributed by atoms with Crippen LogP contribution in [0, 0.1) is 0 Å². The predicted molar refractivity (Wildman–Crippen MR) is 97.4 cm³/mol. The number of nitrogens with zero attached hydrogens (tertiary/aromatic N) is 4. The molecule has 0 aromatic carbocycles. The maximum atomic E-state index is 12.8. The van der Waals surface area contributed by atoms with Crippen molar-refractivity contribution in [2.24, 2.45) is 0 Å². The predicted octanol–water partition coefficient (Wildman–Crippen LogP) is 2.49. The highest BCUT2D eigenvalue weighted by atomic mass is 32.2. The van der Waals surface area contributed by atoms with Crippen LogP contribution >= 0.6 is 23.1 Å². The molecule has 128 valence electrons. The third-order valence-electron chi connectivity index (χ3n) is 4.45. The van der Waals surface area contributed by atoms with Gasteiger partial charge in [0.05, 0.1) is 23.5 Å². The summed E-state index contributed by atoms with van der Waals surface area (Å²) >= 11 is 3.03. The Bertz CT molecular complexity index is 752. The Morgan fingerprint density at radius 1 is 1.21 bits per heavy atom. The van der Waals surface area contributed by atoms with Gasteiger partial charge in [-0.25, -0.2) is 9.97 Å². The average molecular weight is 364 g/mol. The molecule has 0 spiro atoms. The fourth-order valence-corrected chi connectivity index (χ4v) is 4.59. The zero-order valence-electron chi connectivity index (χ0n) is 13.7. The topological polar surface area (TPSA) is 58.6 Å². The second-order valence-corrected chi connectivity index (χ2v) is 7.77. The number of carbonyl (C=O) groups is 1. The normalized spacial score (nSPS) is 18.5. The summed E-state index contributed by atoms with van der Waals surface area (Å²) in [6.45, 7) is 4.62. The first-order valence-corrected chi connectivity index (χ1v) is 10.3. The van der Waals surface area contributed by atoms with E-state index in [0.29, 0.717) is 26.3 Å². The van der Waals surface area contributed by atoms with Gasteiger partial charge in [0.25, 0.3) is 5.91 Å². The first-order chi connectivity index (χ1) is 11.8. The standard InChI is InChI=1S/C16H20N4O2S2/c1-23-16-17-13(19-4-2-3-5-19)11-10-12(24-14(11)18-16)15(21)20-6-8-22-9-7-20/h10H,2-9H2,1H3. The van der Waals surface area contributed by atoms with E-state index in [-0.39, 0.29) is 5.91 Å². The van der Waals surface area contributed by atoms with Crippen LogP contribution in [0.3, 0.4) is 0 Å². The van der Waals surface area contributed by atoms with Crippen LogP contribution in [0.1, 0.15) is 22.5 Å². The zero-order valence-corrected chi connectivity index (χ0v) is 15.3. The highest BCUT2D eigenvalue weighted by Crippen LogP contribution is 2.34. The summed E-state index contributed by atoms with van der Waals surface area (Å²) < 4.78 is 5.34. The van der Waals surface area contributed by atoms with Crippen LogP contribution in [-0.2, 0) is 4.74 Å². The molecule has 0 aliphatic carbocycles. The molecule has 2 fully saturated rings. The fraction of sp³-hybridized carbons (Fsp3) is 0.562. The number of hydrogen-bond donors (Lipinski definition) is 0. The van der Waals surface area contributed by atoms with Gasteiger partial charge >= 0.3 is 0 Å². The summed E-state index contributed by atoms with van der Waals surface area (Å²) in [4.78, 5) is 28.0. The van der Waals surface area contributed by atoms with Crippen LogP contribution in [-0.4, -0.2) is 66.4 Å². The molecule has 4 heterocycles. The Morgan fingerprint density at radius 2 is 1.96 bits per heavy atom. The summed E-state index contributed by atoms with van der Waals surface area (Å²) in [6.07, 6.45) is 4.38. The van der Waals surface area contributed by atoms with Crippen molar-refractivity contribution in [1.82, 2.24) is 14.9 Å². The lowest BCUT2D eigenvalue weighted by Gasteiger charge is -2.26. The lowest BCUT2D eigenvalue weighted by atomic mass is 10.3. The minimum Gasteiger partial charge on any atom is -0.378 e. The van der Waals surface area contributed by atoms with Crippen molar-refractivity contribution >= 4 is 45.0 Å². The molecule has 4 rings (SSSR count). The first-order valence-electron chi connectivity index (χ1n) is 8.24. The molecule has 2 saturated heterocycles. The molecule has 0 atom stereocenters. The number of aromatic nitrogens is 2. The summed E-state index contributed by atoms with van der Waals surface area (Å²) in [5.41, 5.74) is 0. The number of anilines is 1. The monoisotopic (exact) mass is 364 g/mol. The Kier molecular flexibility index (Phi) is 4.60. The van der Waals surface area contributed by atoms with Gasteiger partial charge in [0.1, 0.15) is 10.6 Å². The van der Waals surface area contributed by atoms with Crippen molar-refractivity contribution in [3.63, 3.8) is 0 Å². The first kappa shape index (κ1) is 16.1. The third-order valence-corrected chi connectivity index (χ3v) is 6.01. The molecular formula is C16H20N4O2S2. The zero-order chi connectivity index (χ0) is 16.5. The number of carbonyl (C=O) groups excluding carboxylic acids is 1. The van der Waals surface area contributed by atoms with Gasteiger partial charge in [-0.1, -0.05) is 11.8 Å². The minimum atomic E-state index is 0.0828. The number of rotatable bonds is 3. The summed E-state index contributed by atoms with van der Waals surface area (Å²) in [5.74, 6) is 1.07. The second-order valence-electron chi connectivity index (χ2n) is 5.96. The Morgan fingerprint density at radius 3 is 2.67 bits per heavy atom. The smallest absolute Gasteiger partial charge is 0.264 e. The largest absolute Gasteiger partial charge is 0.378 e. The van der Waals surface area contributed by atoms with Gasteiger partial charge in [-0.3, -0.25) is 4.79 Å². The summed E-state index contributed by atoms with van der Waals surface area (Å²) in [6, 6.07) is 1.98. The van der Waals surface area contributed by atoms with Gasteiger partial charge in [-0.05, 0) is 25.2 Å². The van der Waals surface area contributed by atoms with Crippen molar-refractivity contribution < 1.29 is 9.53 Å². The number of ether oxygens (including phenoxy) is 1. The molecule has 0 saturated carbocycles. The van der Waals surface area contributed by atoms with Crippen molar-refractivity contribution in [3.8, 4) is 0 Å². The quantitative estimate of drug-likeness (QED) is 0.616. The van der Waals surface area contributed by atoms with E-state index in [2.05, 4.69) is 9.88 Å². The van der Waals surface area contributed by atoms with E-state index in [9.17, 15) is 4.79 Å². The molecule has 6 nitrogen and oxygen atoms in total. The molecule has 2 aromatic rings. The Labute approximate surface area is 149 Å². The van der Waals surface area contributed by atoms with Gasteiger partial charge in [-0.15, -0.1) is 11.3 Å². The van der Waals surface area contributed by atoms with Crippen LogP contribution in [0.2, 0.25) is 0 Å². The number of morpholine rings is 1. The van der Waals surface area contributed by atoms with Gasteiger partial charge in [0.15, 0.2) is 5.16 Å². The highest BCUT2D eigenvalue weighted by Gasteiger charge is 2.24. The molecule has 2 aliphatic heterocycles. The molecule has 2 aliphatic rings. The fourth-order valence-electron chi connectivity index (χ4n) is 3.18. The molecule has 8 heteroatoms.